The molecule has 2 atom stereocenters. The fraction of sp³-hybridized carbons (Fsp3) is 0.800. The molecule has 0 spiro atoms. The van der Waals surface area contributed by atoms with Gasteiger partial charge in [-0.1, -0.05) is 0 Å². The molecule has 1 aliphatic carbocycles. The Bertz CT molecular complexity index is 331. The van der Waals surface area contributed by atoms with Gasteiger partial charge in [-0.3, -0.25) is 9.59 Å². The van der Waals surface area contributed by atoms with Gasteiger partial charge in [-0.25, -0.2) is 0 Å². The van der Waals surface area contributed by atoms with Gasteiger partial charge in [0.25, 0.3) is 0 Å². The maximum atomic E-state index is 11.8. The third-order valence-electron chi connectivity index (χ3n) is 2.92. The Kier molecular flexibility index (Phi) is 3.46. The molecule has 0 aromatic carbocycles. The van der Waals surface area contributed by atoms with E-state index in [1.807, 2.05) is 0 Å². The van der Waals surface area contributed by atoms with Crippen molar-refractivity contribution >= 4 is 35.0 Å². The van der Waals surface area contributed by atoms with Gasteiger partial charge in [-0.2, -0.15) is 0 Å². The summed E-state index contributed by atoms with van der Waals surface area (Å²) in [4.78, 5) is 24.8. The van der Waals surface area contributed by atoms with Gasteiger partial charge in [-0.15, -0.1) is 23.2 Å². The van der Waals surface area contributed by atoms with Crippen LogP contribution in [-0.2, 0) is 9.59 Å². The number of alkyl halides is 2. The topological polar surface area (TPSA) is 49.4 Å². The van der Waals surface area contributed by atoms with Crippen molar-refractivity contribution in [3.8, 4) is 0 Å². The van der Waals surface area contributed by atoms with Crippen LogP contribution in [0.1, 0.15) is 20.3 Å². The molecule has 2 amide bonds. The predicted molar refractivity (Wildman–Crippen MR) is 63.5 cm³/mol. The molecule has 6 heteroatoms. The fourth-order valence-electron chi connectivity index (χ4n) is 1.45. The molecular weight excluding hydrogens is 251 g/mol. The normalized spacial score (nSPS) is 28.1. The van der Waals surface area contributed by atoms with Crippen molar-refractivity contribution in [2.45, 2.75) is 30.6 Å². The first-order chi connectivity index (χ1) is 7.12. The molecule has 1 rings (SSSR count). The highest BCUT2D eigenvalue weighted by atomic mass is 35.5. The van der Waals surface area contributed by atoms with Crippen molar-refractivity contribution < 1.29 is 9.59 Å². The number of nitrogens with one attached hydrogen (secondary N) is 1. The van der Waals surface area contributed by atoms with Crippen LogP contribution in [0.25, 0.3) is 0 Å². The molecule has 0 radical (unpaired) electrons. The second-order valence-electron chi connectivity index (χ2n) is 4.64. The Hall–Kier alpha value is -0.480. The minimum Gasteiger partial charge on any atom is -0.347 e. The lowest BCUT2D eigenvalue weighted by atomic mass is 10.1. The van der Waals surface area contributed by atoms with Crippen LogP contribution in [0.2, 0.25) is 0 Å². The van der Waals surface area contributed by atoms with Crippen LogP contribution in [-0.4, -0.2) is 41.2 Å². The molecule has 0 bridgehead atoms. The summed E-state index contributed by atoms with van der Waals surface area (Å²) in [6, 6.07) is -0.566. The minimum atomic E-state index is -1.00. The van der Waals surface area contributed by atoms with E-state index >= 15 is 0 Å². The second kappa shape index (κ2) is 4.08. The van der Waals surface area contributed by atoms with Crippen LogP contribution < -0.4 is 5.32 Å². The maximum Gasteiger partial charge on any atom is 0.244 e. The molecule has 16 heavy (non-hydrogen) atoms. The lowest BCUT2D eigenvalue weighted by Crippen LogP contribution is -2.47. The summed E-state index contributed by atoms with van der Waals surface area (Å²) < 4.78 is -1.00. The van der Waals surface area contributed by atoms with Gasteiger partial charge in [0.15, 0.2) is 0 Å². The number of hydrogen-bond acceptors (Lipinski definition) is 2. The summed E-state index contributed by atoms with van der Waals surface area (Å²) in [7, 11) is 3.27. The summed E-state index contributed by atoms with van der Waals surface area (Å²) in [6.07, 6.45) is 0.415. The van der Waals surface area contributed by atoms with Gasteiger partial charge in [0.2, 0.25) is 11.8 Å². The second-order valence-corrected chi connectivity index (χ2v) is 6.13. The Labute approximate surface area is 105 Å². The van der Waals surface area contributed by atoms with Crippen molar-refractivity contribution in [1.82, 2.24) is 10.2 Å². The van der Waals surface area contributed by atoms with E-state index in [9.17, 15) is 9.59 Å². The predicted octanol–water partition coefficient (Wildman–Crippen LogP) is 1.16. The molecule has 0 saturated heterocycles. The summed E-state index contributed by atoms with van der Waals surface area (Å²) in [5, 5.41) is 2.62. The van der Waals surface area contributed by atoms with Crippen molar-refractivity contribution in [2.24, 2.45) is 5.41 Å². The van der Waals surface area contributed by atoms with Crippen molar-refractivity contribution in [1.29, 1.82) is 0 Å². The van der Waals surface area contributed by atoms with Crippen molar-refractivity contribution in [3.05, 3.63) is 0 Å². The number of carbonyl (C=O) groups excluding carboxylic acids is 2. The molecule has 0 aromatic rings. The van der Waals surface area contributed by atoms with Gasteiger partial charge in [0.1, 0.15) is 10.4 Å². The number of halogens is 2. The molecule has 1 aliphatic rings. The largest absolute Gasteiger partial charge is 0.347 e. The summed E-state index contributed by atoms with van der Waals surface area (Å²) >= 11 is 11.8. The van der Waals surface area contributed by atoms with Gasteiger partial charge in [0.05, 0.1) is 5.41 Å². The van der Waals surface area contributed by atoms with Gasteiger partial charge in [0, 0.05) is 14.1 Å². The highest BCUT2D eigenvalue weighted by Gasteiger charge is 2.68. The Balaban J connectivity index is 2.57. The van der Waals surface area contributed by atoms with E-state index in [1.54, 1.807) is 27.9 Å². The van der Waals surface area contributed by atoms with Crippen LogP contribution in [0.3, 0.4) is 0 Å². The number of likely N-dealkylation sites (N-methyl/N-ethyl adjacent to an activating group) is 1. The van der Waals surface area contributed by atoms with E-state index in [4.69, 9.17) is 23.2 Å². The average Bonchev–Trinajstić information content (AvgIpc) is 2.65. The van der Waals surface area contributed by atoms with E-state index < -0.39 is 15.8 Å². The highest BCUT2D eigenvalue weighted by Crippen LogP contribution is 2.63. The first-order valence-electron chi connectivity index (χ1n) is 5.02. The number of carbonyl (C=O) groups is 2. The first-order valence-corrected chi connectivity index (χ1v) is 5.77. The maximum absolute atomic E-state index is 11.8. The van der Waals surface area contributed by atoms with Crippen LogP contribution in [0.5, 0.6) is 0 Å². The minimum absolute atomic E-state index is 0.160. The summed E-state index contributed by atoms with van der Waals surface area (Å²) in [5.74, 6) is -0.437. The molecule has 92 valence electrons. The third kappa shape index (κ3) is 2.28. The quantitative estimate of drug-likeness (QED) is 0.780. The Morgan fingerprint density at radius 2 is 1.81 bits per heavy atom. The van der Waals surface area contributed by atoms with E-state index in [1.165, 1.54) is 4.90 Å². The number of nitrogens with zero attached hydrogens (tertiary/aromatic N) is 1. The Morgan fingerprint density at radius 3 is 2.12 bits per heavy atom. The zero-order valence-corrected chi connectivity index (χ0v) is 11.3. The van der Waals surface area contributed by atoms with E-state index in [0.29, 0.717) is 6.42 Å². The van der Waals surface area contributed by atoms with Crippen LogP contribution in [0.15, 0.2) is 0 Å². The Morgan fingerprint density at radius 1 is 1.38 bits per heavy atom. The number of amides is 2. The zero-order chi connectivity index (χ0) is 12.7. The molecule has 1 fully saturated rings. The lowest BCUT2D eigenvalue weighted by molar-refractivity contribution is -0.135. The van der Waals surface area contributed by atoms with Crippen LogP contribution >= 0.6 is 23.2 Å². The highest BCUT2D eigenvalue weighted by molar-refractivity contribution is 6.53. The monoisotopic (exact) mass is 266 g/mol. The standard InChI is InChI=1S/C10H16Cl2N2O2/c1-6(7(15)14(3)4)13-8(16)9(2)5-10(9,11)12/h6H,5H2,1-4H3,(H,13,16)/t6-,9+/m0/s1. The molecule has 0 aliphatic heterocycles. The van der Waals surface area contributed by atoms with Gasteiger partial charge < -0.3 is 10.2 Å². The number of rotatable bonds is 3. The molecular formula is C10H16Cl2N2O2. The lowest BCUT2D eigenvalue weighted by Gasteiger charge is -2.20. The molecule has 1 saturated carbocycles. The van der Waals surface area contributed by atoms with Gasteiger partial charge in [-0.05, 0) is 20.3 Å². The van der Waals surface area contributed by atoms with Gasteiger partial charge >= 0.3 is 0 Å². The van der Waals surface area contributed by atoms with Crippen LogP contribution in [0.4, 0.5) is 0 Å². The summed E-state index contributed by atoms with van der Waals surface area (Å²) in [6.45, 7) is 3.32. The number of hydrogen-bond donors (Lipinski definition) is 1. The average molecular weight is 267 g/mol. The third-order valence-corrected chi connectivity index (χ3v) is 4.02. The fourth-order valence-corrected chi connectivity index (χ4v) is 2.16. The van der Waals surface area contributed by atoms with Crippen molar-refractivity contribution in [3.63, 3.8) is 0 Å². The molecule has 1 N–H and O–H groups in total. The molecule has 0 heterocycles. The SMILES string of the molecule is C[C@H](NC(=O)[C@@]1(C)CC1(Cl)Cl)C(=O)N(C)C. The zero-order valence-electron chi connectivity index (χ0n) is 9.80. The first kappa shape index (κ1) is 13.6. The van der Waals surface area contributed by atoms with E-state index in [2.05, 4.69) is 5.32 Å². The summed E-state index contributed by atoms with van der Waals surface area (Å²) in [5.41, 5.74) is -0.781. The van der Waals surface area contributed by atoms with E-state index in [-0.39, 0.29) is 11.8 Å². The molecule has 0 aromatic heterocycles. The van der Waals surface area contributed by atoms with Crippen LogP contribution in [0, 0.1) is 5.41 Å². The van der Waals surface area contributed by atoms with Crippen molar-refractivity contribution in [2.75, 3.05) is 14.1 Å². The molecule has 0 unspecified atom stereocenters. The molecule has 4 nitrogen and oxygen atoms in total. The smallest absolute Gasteiger partial charge is 0.244 e. The van der Waals surface area contributed by atoms with E-state index in [0.717, 1.165) is 0 Å².